The van der Waals surface area contributed by atoms with Gasteiger partial charge in [-0.05, 0) is 56.2 Å². The van der Waals surface area contributed by atoms with E-state index in [1.807, 2.05) is 6.07 Å². The molecule has 0 unspecified atom stereocenters. The van der Waals surface area contributed by atoms with E-state index in [9.17, 15) is 13.2 Å². The minimum Gasteiger partial charge on any atom is -0.358 e. The van der Waals surface area contributed by atoms with E-state index in [1.165, 1.54) is 37.7 Å². The molecule has 2 saturated carbocycles. The SMILES string of the molecule is Cc1[nH]c2cc(C(=O)NS(=O)(=O)C3CC3)ccc2c1C1CCCCC1. The summed E-state index contributed by atoms with van der Waals surface area (Å²) in [4.78, 5) is 15.7. The summed E-state index contributed by atoms with van der Waals surface area (Å²) in [5.74, 6) is 0.0395. The Morgan fingerprint density at radius 2 is 1.84 bits per heavy atom. The van der Waals surface area contributed by atoms with Crippen LogP contribution in [0.4, 0.5) is 0 Å². The molecule has 0 atom stereocenters. The number of nitrogens with one attached hydrogen (secondary N) is 2. The average molecular weight is 360 g/mol. The van der Waals surface area contributed by atoms with Gasteiger partial charge in [-0.2, -0.15) is 0 Å². The summed E-state index contributed by atoms with van der Waals surface area (Å²) in [6.45, 7) is 2.08. The maximum atomic E-state index is 12.3. The number of sulfonamides is 1. The number of amides is 1. The normalized spacial score (nSPS) is 19.2. The second-order valence-corrected chi connectivity index (χ2v) is 9.40. The van der Waals surface area contributed by atoms with Crippen LogP contribution in [0.3, 0.4) is 0 Å². The van der Waals surface area contributed by atoms with Crippen LogP contribution in [0.2, 0.25) is 0 Å². The number of hydrogen-bond acceptors (Lipinski definition) is 3. The van der Waals surface area contributed by atoms with Gasteiger partial charge in [0.25, 0.3) is 5.91 Å². The van der Waals surface area contributed by atoms with Crippen LogP contribution in [0.15, 0.2) is 18.2 Å². The lowest BCUT2D eigenvalue weighted by atomic mass is 9.83. The van der Waals surface area contributed by atoms with Crippen molar-refractivity contribution in [3.63, 3.8) is 0 Å². The van der Waals surface area contributed by atoms with Crippen LogP contribution in [0.5, 0.6) is 0 Å². The molecule has 1 heterocycles. The molecule has 2 N–H and O–H groups in total. The van der Waals surface area contributed by atoms with Gasteiger partial charge < -0.3 is 4.98 Å². The maximum absolute atomic E-state index is 12.3. The van der Waals surface area contributed by atoms with E-state index in [1.54, 1.807) is 12.1 Å². The van der Waals surface area contributed by atoms with Gasteiger partial charge in [-0.1, -0.05) is 25.3 Å². The van der Waals surface area contributed by atoms with E-state index in [-0.39, 0.29) is 0 Å². The third-order valence-electron chi connectivity index (χ3n) is 5.51. The van der Waals surface area contributed by atoms with Gasteiger partial charge in [0.05, 0.1) is 5.25 Å². The van der Waals surface area contributed by atoms with Crippen LogP contribution in [-0.2, 0) is 10.0 Å². The number of rotatable bonds is 4. The lowest BCUT2D eigenvalue weighted by Crippen LogP contribution is -2.33. The average Bonchev–Trinajstić information content (AvgIpc) is 3.38. The minimum atomic E-state index is -3.52. The quantitative estimate of drug-likeness (QED) is 0.871. The fourth-order valence-corrected chi connectivity index (χ4v) is 5.36. The number of aromatic amines is 1. The van der Waals surface area contributed by atoms with Crippen LogP contribution in [0, 0.1) is 6.92 Å². The van der Waals surface area contributed by atoms with Gasteiger partial charge in [0, 0.05) is 22.2 Å². The van der Waals surface area contributed by atoms with E-state index < -0.39 is 21.2 Å². The first-order chi connectivity index (χ1) is 12.0. The van der Waals surface area contributed by atoms with Crippen LogP contribution >= 0.6 is 0 Å². The van der Waals surface area contributed by atoms with Crippen molar-refractivity contribution in [3.8, 4) is 0 Å². The van der Waals surface area contributed by atoms with Gasteiger partial charge in [-0.15, -0.1) is 0 Å². The number of aromatic nitrogens is 1. The van der Waals surface area contributed by atoms with Crippen molar-refractivity contribution >= 4 is 26.8 Å². The highest BCUT2D eigenvalue weighted by Crippen LogP contribution is 2.38. The molecule has 0 bridgehead atoms. The molecule has 0 radical (unpaired) electrons. The topological polar surface area (TPSA) is 79.0 Å². The molecule has 2 aromatic rings. The van der Waals surface area contributed by atoms with E-state index in [4.69, 9.17) is 0 Å². The van der Waals surface area contributed by atoms with Crippen molar-refractivity contribution in [2.75, 3.05) is 0 Å². The minimum absolute atomic E-state index is 0.383. The molecule has 6 heteroatoms. The molecule has 2 fully saturated rings. The van der Waals surface area contributed by atoms with Crippen LogP contribution in [-0.4, -0.2) is 24.6 Å². The lowest BCUT2D eigenvalue weighted by Gasteiger charge is -2.22. The first kappa shape index (κ1) is 16.6. The lowest BCUT2D eigenvalue weighted by molar-refractivity contribution is 0.0981. The molecule has 1 aromatic heterocycles. The molecule has 0 spiro atoms. The van der Waals surface area contributed by atoms with Crippen molar-refractivity contribution < 1.29 is 13.2 Å². The number of carbonyl (C=O) groups is 1. The molecule has 4 rings (SSSR count). The highest BCUT2D eigenvalue weighted by atomic mass is 32.2. The Balaban J connectivity index is 1.63. The fourth-order valence-electron chi connectivity index (χ4n) is 4.06. The molecule has 2 aliphatic carbocycles. The Bertz CT molecular complexity index is 920. The largest absolute Gasteiger partial charge is 0.358 e. The van der Waals surface area contributed by atoms with E-state index in [2.05, 4.69) is 16.6 Å². The maximum Gasteiger partial charge on any atom is 0.264 e. The fraction of sp³-hybridized carbons (Fsp3) is 0.526. The highest BCUT2D eigenvalue weighted by molar-refractivity contribution is 7.91. The summed E-state index contributed by atoms with van der Waals surface area (Å²) in [7, 11) is -3.52. The van der Waals surface area contributed by atoms with Crippen LogP contribution in [0.25, 0.3) is 10.9 Å². The number of benzene rings is 1. The Kier molecular flexibility index (Phi) is 4.10. The third kappa shape index (κ3) is 3.19. The Morgan fingerprint density at radius 1 is 1.12 bits per heavy atom. The molecule has 134 valence electrons. The van der Waals surface area contributed by atoms with Gasteiger partial charge in [-0.25, -0.2) is 13.1 Å². The number of H-pyrrole nitrogens is 1. The monoisotopic (exact) mass is 360 g/mol. The van der Waals surface area contributed by atoms with Gasteiger partial charge in [0.15, 0.2) is 0 Å². The molecule has 0 aliphatic heterocycles. The Morgan fingerprint density at radius 3 is 2.52 bits per heavy atom. The summed E-state index contributed by atoms with van der Waals surface area (Å²) in [6.07, 6.45) is 7.58. The first-order valence-electron chi connectivity index (χ1n) is 9.14. The van der Waals surface area contributed by atoms with Crippen molar-refractivity contribution in [2.24, 2.45) is 0 Å². The third-order valence-corrected chi connectivity index (χ3v) is 7.33. The zero-order valence-electron chi connectivity index (χ0n) is 14.5. The summed E-state index contributed by atoms with van der Waals surface area (Å²) in [5.41, 5.74) is 3.82. The van der Waals surface area contributed by atoms with Gasteiger partial charge >= 0.3 is 0 Å². The van der Waals surface area contributed by atoms with Crippen LogP contribution < -0.4 is 4.72 Å². The summed E-state index contributed by atoms with van der Waals surface area (Å²) in [6, 6.07) is 5.47. The number of fused-ring (bicyclic) bond motifs is 1. The standard InChI is InChI=1S/C19H24N2O3S/c1-12-18(13-5-3-2-4-6-13)16-10-7-14(11-17(16)20-12)19(22)21-25(23,24)15-8-9-15/h7,10-11,13,15,20H,2-6,8-9H2,1H3,(H,21,22). The zero-order valence-corrected chi connectivity index (χ0v) is 15.3. The predicted molar refractivity (Wildman–Crippen MR) is 98.3 cm³/mol. The second kappa shape index (κ2) is 6.16. The molecule has 5 nitrogen and oxygen atoms in total. The summed E-state index contributed by atoms with van der Waals surface area (Å²) >= 11 is 0. The predicted octanol–water partition coefficient (Wildman–Crippen LogP) is 3.75. The van der Waals surface area contributed by atoms with E-state index in [0.717, 1.165) is 16.6 Å². The molecule has 0 saturated heterocycles. The number of carbonyl (C=O) groups excluding carboxylic acids is 1. The first-order valence-corrected chi connectivity index (χ1v) is 10.7. The molecule has 25 heavy (non-hydrogen) atoms. The highest BCUT2D eigenvalue weighted by Gasteiger charge is 2.37. The number of hydrogen-bond donors (Lipinski definition) is 2. The second-order valence-electron chi connectivity index (χ2n) is 7.43. The van der Waals surface area contributed by atoms with Crippen molar-refractivity contribution in [1.82, 2.24) is 9.71 Å². The Labute approximate surface area is 148 Å². The molecular weight excluding hydrogens is 336 g/mol. The zero-order chi connectivity index (χ0) is 17.6. The molecule has 2 aliphatic rings. The van der Waals surface area contributed by atoms with E-state index >= 15 is 0 Å². The molecule has 1 amide bonds. The van der Waals surface area contributed by atoms with Gasteiger partial charge in [0.1, 0.15) is 0 Å². The molecular formula is C19H24N2O3S. The smallest absolute Gasteiger partial charge is 0.264 e. The van der Waals surface area contributed by atoms with Gasteiger partial charge in [0.2, 0.25) is 10.0 Å². The molecule has 1 aromatic carbocycles. The number of aryl methyl sites for hydroxylation is 1. The van der Waals surface area contributed by atoms with Crippen molar-refractivity contribution in [1.29, 1.82) is 0 Å². The van der Waals surface area contributed by atoms with E-state index in [0.29, 0.717) is 24.3 Å². The summed E-state index contributed by atoms with van der Waals surface area (Å²) in [5, 5.41) is 0.761. The Hall–Kier alpha value is -1.82. The van der Waals surface area contributed by atoms with Crippen molar-refractivity contribution in [2.45, 2.75) is 63.0 Å². The van der Waals surface area contributed by atoms with Crippen LogP contribution in [0.1, 0.15) is 72.5 Å². The van der Waals surface area contributed by atoms with Crippen molar-refractivity contribution in [3.05, 3.63) is 35.0 Å². The van der Waals surface area contributed by atoms with Gasteiger partial charge in [-0.3, -0.25) is 4.79 Å². The summed E-state index contributed by atoms with van der Waals surface area (Å²) < 4.78 is 26.1.